The molecule has 0 saturated heterocycles. The van der Waals surface area contributed by atoms with Crippen LogP contribution in [0.5, 0.6) is 0 Å². The molecule has 0 aliphatic carbocycles. The predicted molar refractivity (Wildman–Crippen MR) is 43.1 cm³/mol. The third-order valence-corrected chi connectivity index (χ3v) is 2.30. The number of hydrogen-bond acceptors (Lipinski definition) is 2. The van der Waals surface area contributed by atoms with E-state index in [4.69, 9.17) is 23.1 Å². The molecule has 0 spiro atoms. The maximum atomic E-state index is 9.06. The van der Waals surface area contributed by atoms with Crippen LogP contribution in [0.2, 0.25) is 4.34 Å². The summed E-state index contributed by atoms with van der Waals surface area (Å²) in [5.41, 5.74) is 0. The molecule has 52 valence electrons. The summed E-state index contributed by atoms with van der Waals surface area (Å²) in [6, 6.07) is 3.43. The Morgan fingerprint density at radius 2 is 2.40 bits per heavy atom. The number of hydrogen-bond donors (Lipinski definition) is 1. The van der Waals surface area contributed by atoms with Gasteiger partial charge < -0.3 is 5.11 Å². The standard InChI is InChI=1S/C7H5ClOS/c1-2-5(9)6-3-4-7(8)10-6/h1,3-5,9H/t5-/m0/s1. The van der Waals surface area contributed by atoms with Gasteiger partial charge in [-0.1, -0.05) is 17.5 Å². The minimum atomic E-state index is -0.808. The lowest BCUT2D eigenvalue weighted by Gasteiger charge is -1.95. The van der Waals surface area contributed by atoms with Crippen LogP contribution < -0.4 is 0 Å². The Morgan fingerprint density at radius 3 is 2.80 bits per heavy atom. The van der Waals surface area contributed by atoms with E-state index >= 15 is 0 Å². The van der Waals surface area contributed by atoms with Gasteiger partial charge in [-0.3, -0.25) is 0 Å². The van der Waals surface area contributed by atoms with Crippen LogP contribution in [0, 0.1) is 12.3 Å². The number of terminal acetylenes is 1. The van der Waals surface area contributed by atoms with Crippen LogP contribution in [0.25, 0.3) is 0 Å². The first kappa shape index (κ1) is 7.62. The fourth-order valence-electron chi connectivity index (χ4n) is 0.557. The molecule has 1 atom stereocenters. The smallest absolute Gasteiger partial charge is 0.149 e. The quantitative estimate of drug-likeness (QED) is 0.643. The maximum Gasteiger partial charge on any atom is 0.149 e. The van der Waals surface area contributed by atoms with Crippen molar-refractivity contribution in [2.45, 2.75) is 6.10 Å². The predicted octanol–water partition coefficient (Wildman–Crippen LogP) is 2.07. The summed E-state index contributed by atoms with van der Waals surface area (Å²) in [6.45, 7) is 0. The van der Waals surface area contributed by atoms with E-state index in [0.29, 0.717) is 9.21 Å². The number of aliphatic hydroxyl groups is 1. The van der Waals surface area contributed by atoms with Crippen molar-refractivity contribution in [3.63, 3.8) is 0 Å². The van der Waals surface area contributed by atoms with Crippen LogP contribution in [-0.2, 0) is 0 Å². The largest absolute Gasteiger partial charge is 0.375 e. The molecule has 3 heteroatoms. The fourth-order valence-corrected chi connectivity index (χ4v) is 1.56. The van der Waals surface area contributed by atoms with Gasteiger partial charge in [-0.05, 0) is 12.1 Å². The van der Waals surface area contributed by atoms with E-state index in [0.717, 1.165) is 0 Å². The van der Waals surface area contributed by atoms with Gasteiger partial charge in [0.1, 0.15) is 6.10 Å². The molecule has 10 heavy (non-hydrogen) atoms. The van der Waals surface area contributed by atoms with Crippen molar-refractivity contribution < 1.29 is 5.11 Å². The molecular weight excluding hydrogens is 168 g/mol. The van der Waals surface area contributed by atoms with Crippen molar-refractivity contribution in [3.05, 3.63) is 21.3 Å². The van der Waals surface area contributed by atoms with Crippen molar-refractivity contribution in [1.29, 1.82) is 0 Å². The Balaban J connectivity index is 2.87. The van der Waals surface area contributed by atoms with Gasteiger partial charge in [0.15, 0.2) is 0 Å². The van der Waals surface area contributed by atoms with Crippen molar-refractivity contribution in [1.82, 2.24) is 0 Å². The molecule has 0 aromatic carbocycles. The van der Waals surface area contributed by atoms with E-state index in [9.17, 15) is 0 Å². The second-order valence-electron chi connectivity index (χ2n) is 1.71. The summed E-state index contributed by atoms with van der Waals surface area (Å²) < 4.78 is 0.643. The van der Waals surface area contributed by atoms with E-state index < -0.39 is 6.10 Å². The minimum Gasteiger partial charge on any atom is -0.375 e. The molecular formula is C7H5ClOS. The summed E-state index contributed by atoms with van der Waals surface area (Å²) in [5.74, 6) is 2.20. The van der Waals surface area contributed by atoms with Gasteiger partial charge >= 0.3 is 0 Å². The molecule has 1 aromatic rings. The third kappa shape index (κ3) is 1.51. The maximum absolute atomic E-state index is 9.06. The van der Waals surface area contributed by atoms with Crippen LogP contribution >= 0.6 is 22.9 Å². The molecule has 1 N–H and O–H groups in total. The molecule has 0 aliphatic heterocycles. The molecule has 1 aromatic heterocycles. The van der Waals surface area contributed by atoms with Crippen LogP contribution in [0.4, 0.5) is 0 Å². The van der Waals surface area contributed by atoms with Crippen molar-refractivity contribution >= 4 is 22.9 Å². The Hall–Kier alpha value is -0.490. The van der Waals surface area contributed by atoms with Gasteiger partial charge in [-0.15, -0.1) is 17.8 Å². The van der Waals surface area contributed by atoms with Gasteiger partial charge in [0.2, 0.25) is 0 Å². The Bertz CT molecular complexity index is 261. The van der Waals surface area contributed by atoms with Crippen LogP contribution in [0.1, 0.15) is 11.0 Å². The Labute approximate surface area is 68.3 Å². The van der Waals surface area contributed by atoms with E-state index in [1.807, 2.05) is 0 Å². The van der Waals surface area contributed by atoms with Gasteiger partial charge in [-0.25, -0.2) is 0 Å². The zero-order valence-electron chi connectivity index (χ0n) is 5.04. The summed E-state index contributed by atoms with van der Waals surface area (Å²) in [5, 5.41) is 9.06. The molecule has 0 unspecified atom stereocenters. The zero-order valence-corrected chi connectivity index (χ0v) is 6.62. The second-order valence-corrected chi connectivity index (χ2v) is 3.46. The van der Waals surface area contributed by atoms with E-state index in [1.165, 1.54) is 11.3 Å². The number of aliphatic hydroxyl groups excluding tert-OH is 1. The van der Waals surface area contributed by atoms with Crippen molar-refractivity contribution in [2.75, 3.05) is 0 Å². The fraction of sp³-hybridized carbons (Fsp3) is 0.143. The first-order valence-corrected chi connectivity index (χ1v) is 3.83. The van der Waals surface area contributed by atoms with E-state index in [1.54, 1.807) is 12.1 Å². The first-order chi connectivity index (χ1) is 4.74. The second kappa shape index (κ2) is 3.07. The molecule has 1 rings (SSSR count). The number of rotatable bonds is 1. The highest BCUT2D eigenvalue weighted by molar-refractivity contribution is 7.16. The Kier molecular flexibility index (Phi) is 2.34. The van der Waals surface area contributed by atoms with E-state index in [2.05, 4.69) is 5.92 Å². The SMILES string of the molecule is C#C[C@H](O)c1ccc(Cl)s1. The average molecular weight is 173 g/mol. The lowest BCUT2D eigenvalue weighted by molar-refractivity contribution is 0.242. The lowest BCUT2D eigenvalue weighted by atomic mass is 10.3. The third-order valence-electron chi connectivity index (χ3n) is 1.02. The Morgan fingerprint density at radius 1 is 1.70 bits per heavy atom. The first-order valence-electron chi connectivity index (χ1n) is 2.63. The lowest BCUT2D eigenvalue weighted by Crippen LogP contribution is -1.86. The van der Waals surface area contributed by atoms with E-state index in [-0.39, 0.29) is 0 Å². The van der Waals surface area contributed by atoms with Crippen LogP contribution in [0.15, 0.2) is 12.1 Å². The van der Waals surface area contributed by atoms with Gasteiger partial charge in [0, 0.05) is 4.88 Å². The molecule has 0 bridgehead atoms. The highest BCUT2D eigenvalue weighted by Crippen LogP contribution is 2.26. The monoisotopic (exact) mass is 172 g/mol. The number of halogens is 1. The van der Waals surface area contributed by atoms with Gasteiger partial charge in [0.25, 0.3) is 0 Å². The summed E-state index contributed by atoms with van der Waals surface area (Å²) >= 11 is 6.89. The highest BCUT2D eigenvalue weighted by atomic mass is 35.5. The topological polar surface area (TPSA) is 20.2 Å². The van der Waals surface area contributed by atoms with Crippen LogP contribution in [0.3, 0.4) is 0 Å². The molecule has 0 radical (unpaired) electrons. The van der Waals surface area contributed by atoms with Gasteiger partial charge in [-0.2, -0.15) is 0 Å². The summed E-state index contributed by atoms with van der Waals surface area (Å²) in [7, 11) is 0. The zero-order chi connectivity index (χ0) is 7.56. The van der Waals surface area contributed by atoms with Crippen molar-refractivity contribution in [2.24, 2.45) is 0 Å². The summed E-state index contributed by atoms with van der Waals surface area (Å²) in [4.78, 5) is 0.715. The molecule has 0 amide bonds. The molecule has 0 fully saturated rings. The highest BCUT2D eigenvalue weighted by Gasteiger charge is 2.04. The van der Waals surface area contributed by atoms with Gasteiger partial charge in [0.05, 0.1) is 4.34 Å². The van der Waals surface area contributed by atoms with Crippen LogP contribution in [-0.4, -0.2) is 5.11 Å². The normalized spacial score (nSPS) is 12.5. The molecule has 0 aliphatic rings. The average Bonchev–Trinajstić information content (AvgIpc) is 2.34. The molecule has 1 heterocycles. The molecule has 0 saturated carbocycles. The molecule has 1 nitrogen and oxygen atoms in total. The number of thiophene rings is 1. The van der Waals surface area contributed by atoms with Crippen molar-refractivity contribution in [3.8, 4) is 12.3 Å². The minimum absolute atomic E-state index is 0.643. The summed E-state index contributed by atoms with van der Waals surface area (Å²) in [6.07, 6.45) is 4.17.